The molecular weight excluding hydrogens is 224 g/mol. The average molecular weight is 236 g/mol. The van der Waals surface area contributed by atoms with E-state index in [-0.39, 0.29) is 5.56 Å². The van der Waals surface area contributed by atoms with Crippen molar-refractivity contribution in [2.24, 2.45) is 0 Å². The fraction of sp³-hybridized carbons (Fsp3) is 0.250. The second-order valence-corrected chi connectivity index (χ2v) is 3.27. The second-order valence-electron chi connectivity index (χ2n) is 3.27. The van der Waals surface area contributed by atoms with Gasteiger partial charge in [-0.15, -0.1) is 0 Å². The highest BCUT2D eigenvalue weighted by Gasteiger charge is 2.24. The van der Waals surface area contributed by atoms with Crippen LogP contribution in [0, 0.1) is 0 Å². The largest absolute Gasteiger partial charge is 0.466 e. The smallest absolute Gasteiger partial charge is 0.380 e. The molecule has 1 rings (SSSR count). The average Bonchev–Trinajstić information content (AvgIpc) is 2.37. The Morgan fingerprint density at radius 2 is 1.71 bits per heavy atom. The van der Waals surface area contributed by atoms with Crippen molar-refractivity contribution in [3.8, 4) is 0 Å². The quantitative estimate of drug-likeness (QED) is 0.442. The molecule has 0 saturated carbocycles. The molecule has 5 heteroatoms. The van der Waals surface area contributed by atoms with Gasteiger partial charge in [-0.25, -0.2) is 9.59 Å². The van der Waals surface area contributed by atoms with Crippen molar-refractivity contribution in [3.05, 3.63) is 35.9 Å². The molecule has 0 fully saturated rings. The van der Waals surface area contributed by atoms with Crippen LogP contribution in [0.5, 0.6) is 0 Å². The third-order valence-corrected chi connectivity index (χ3v) is 2.04. The minimum Gasteiger partial charge on any atom is -0.466 e. The van der Waals surface area contributed by atoms with Crippen LogP contribution in [0.15, 0.2) is 30.3 Å². The summed E-state index contributed by atoms with van der Waals surface area (Å²) in [4.78, 5) is 34.0. The molecule has 0 heterocycles. The van der Waals surface area contributed by atoms with E-state index in [1.165, 1.54) is 26.2 Å². The van der Waals surface area contributed by atoms with E-state index in [0.29, 0.717) is 0 Å². The van der Waals surface area contributed by atoms with E-state index in [9.17, 15) is 14.4 Å². The summed E-state index contributed by atoms with van der Waals surface area (Å²) < 4.78 is 9.03. The van der Waals surface area contributed by atoms with Crippen molar-refractivity contribution in [1.82, 2.24) is 0 Å². The van der Waals surface area contributed by atoms with Crippen LogP contribution in [0.1, 0.15) is 17.3 Å². The van der Waals surface area contributed by atoms with E-state index in [1.807, 2.05) is 0 Å². The van der Waals surface area contributed by atoms with Crippen molar-refractivity contribution in [2.75, 3.05) is 7.11 Å². The topological polar surface area (TPSA) is 69.7 Å². The number of rotatable bonds is 4. The van der Waals surface area contributed by atoms with E-state index in [2.05, 4.69) is 9.47 Å². The maximum atomic E-state index is 11.6. The summed E-state index contributed by atoms with van der Waals surface area (Å²) in [6, 6.07) is 7.96. The molecule has 1 atom stereocenters. The van der Waals surface area contributed by atoms with E-state index in [1.54, 1.807) is 18.2 Å². The predicted octanol–water partition coefficient (Wildman–Crippen LogP) is 0.974. The molecular formula is C12H12O5. The fourth-order valence-corrected chi connectivity index (χ4v) is 1.14. The third kappa shape index (κ3) is 3.41. The summed E-state index contributed by atoms with van der Waals surface area (Å²) >= 11 is 0. The Hall–Kier alpha value is -2.17. The number of carbonyl (C=O) groups is 3. The third-order valence-electron chi connectivity index (χ3n) is 2.04. The zero-order valence-corrected chi connectivity index (χ0v) is 9.51. The number of hydrogen-bond acceptors (Lipinski definition) is 5. The number of hydrogen-bond donors (Lipinski definition) is 0. The number of ether oxygens (including phenoxy) is 2. The van der Waals surface area contributed by atoms with Crippen LogP contribution in [0.4, 0.5) is 0 Å². The van der Waals surface area contributed by atoms with Crippen molar-refractivity contribution in [2.45, 2.75) is 13.0 Å². The normalized spacial score (nSPS) is 11.4. The van der Waals surface area contributed by atoms with Crippen LogP contribution in [0.2, 0.25) is 0 Å². The summed E-state index contributed by atoms with van der Waals surface area (Å²) in [7, 11) is 1.17. The fourth-order valence-electron chi connectivity index (χ4n) is 1.14. The highest BCUT2D eigenvalue weighted by atomic mass is 16.6. The number of methoxy groups -OCH3 is 1. The van der Waals surface area contributed by atoms with Gasteiger partial charge in [-0.05, 0) is 6.92 Å². The van der Waals surface area contributed by atoms with Gasteiger partial charge in [-0.1, -0.05) is 30.3 Å². The molecule has 0 aliphatic rings. The van der Waals surface area contributed by atoms with Gasteiger partial charge in [0.25, 0.3) is 5.78 Å². The zero-order chi connectivity index (χ0) is 12.8. The first kappa shape index (κ1) is 12.9. The van der Waals surface area contributed by atoms with Crippen molar-refractivity contribution in [3.63, 3.8) is 0 Å². The molecule has 17 heavy (non-hydrogen) atoms. The molecule has 0 radical (unpaired) electrons. The standard InChI is InChI=1S/C12H12O5/c1-8(11(14)16-2)17-12(15)10(13)9-6-4-3-5-7-9/h3-8H,1-2H3. The first-order valence-electron chi connectivity index (χ1n) is 4.94. The zero-order valence-electron chi connectivity index (χ0n) is 9.51. The van der Waals surface area contributed by atoms with E-state index in [4.69, 9.17) is 0 Å². The Balaban J connectivity index is 2.66. The Bertz CT molecular complexity index is 424. The van der Waals surface area contributed by atoms with Gasteiger partial charge < -0.3 is 9.47 Å². The van der Waals surface area contributed by atoms with E-state index >= 15 is 0 Å². The van der Waals surface area contributed by atoms with Gasteiger partial charge >= 0.3 is 11.9 Å². The number of carbonyl (C=O) groups excluding carboxylic acids is 3. The van der Waals surface area contributed by atoms with E-state index < -0.39 is 23.8 Å². The summed E-state index contributed by atoms with van der Waals surface area (Å²) in [5.74, 6) is -2.57. The lowest BCUT2D eigenvalue weighted by molar-refractivity contribution is -0.161. The van der Waals surface area contributed by atoms with Crippen LogP contribution >= 0.6 is 0 Å². The molecule has 1 unspecified atom stereocenters. The summed E-state index contributed by atoms with van der Waals surface area (Å²) in [6.45, 7) is 1.34. The van der Waals surface area contributed by atoms with Gasteiger partial charge in [0.1, 0.15) is 0 Å². The lowest BCUT2D eigenvalue weighted by Crippen LogP contribution is -2.29. The predicted molar refractivity (Wildman–Crippen MR) is 58.3 cm³/mol. The molecule has 0 aromatic heterocycles. The lowest BCUT2D eigenvalue weighted by Gasteiger charge is -2.09. The minimum atomic E-state index is -1.10. The van der Waals surface area contributed by atoms with E-state index in [0.717, 1.165) is 0 Å². The molecule has 0 amide bonds. The number of ketones is 1. The monoisotopic (exact) mass is 236 g/mol. The number of Topliss-reactive ketones (excluding diaryl/α,β-unsaturated/α-hetero) is 1. The van der Waals surface area contributed by atoms with Crippen LogP contribution in [0.25, 0.3) is 0 Å². The van der Waals surface area contributed by atoms with Crippen LogP contribution in [0.3, 0.4) is 0 Å². The maximum absolute atomic E-state index is 11.6. The van der Waals surface area contributed by atoms with Gasteiger partial charge in [0.05, 0.1) is 7.11 Å². The van der Waals surface area contributed by atoms with Gasteiger partial charge in [0.15, 0.2) is 6.10 Å². The highest BCUT2D eigenvalue weighted by molar-refractivity contribution is 6.40. The molecule has 0 aliphatic carbocycles. The molecule has 0 bridgehead atoms. The summed E-state index contributed by atoms with van der Waals surface area (Å²) in [6.07, 6.45) is -1.10. The molecule has 0 spiro atoms. The van der Waals surface area contributed by atoms with Gasteiger partial charge in [0.2, 0.25) is 0 Å². The second kappa shape index (κ2) is 5.79. The van der Waals surface area contributed by atoms with Crippen molar-refractivity contribution < 1.29 is 23.9 Å². The molecule has 0 aliphatic heterocycles. The van der Waals surface area contributed by atoms with Crippen LogP contribution in [-0.4, -0.2) is 30.9 Å². The lowest BCUT2D eigenvalue weighted by atomic mass is 10.1. The van der Waals surface area contributed by atoms with Gasteiger partial charge in [-0.2, -0.15) is 0 Å². The molecule has 90 valence electrons. The molecule has 0 saturated heterocycles. The first-order chi connectivity index (χ1) is 8.06. The first-order valence-corrected chi connectivity index (χ1v) is 4.94. The Kier molecular flexibility index (Phi) is 4.39. The number of esters is 2. The summed E-state index contributed by atoms with van der Waals surface area (Å²) in [5.41, 5.74) is 0.217. The maximum Gasteiger partial charge on any atom is 0.380 e. The molecule has 5 nitrogen and oxygen atoms in total. The Morgan fingerprint density at radius 1 is 1.12 bits per heavy atom. The van der Waals surface area contributed by atoms with Gasteiger partial charge in [-0.3, -0.25) is 4.79 Å². The van der Waals surface area contributed by atoms with Crippen molar-refractivity contribution in [1.29, 1.82) is 0 Å². The molecule has 1 aromatic carbocycles. The SMILES string of the molecule is COC(=O)C(C)OC(=O)C(=O)c1ccccc1. The number of benzene rings is 1. The summed E-state index contributed by atoms with van der Waals surface area (Å²) in [5, 5.41) is 0. The van der Waals surface area contributed by atoms with Crippen molar-refractivity contribution >= 4 is 17.7 Å². The molecule has 0 N–H and O–H groups in total. The molecule has 1 aromatic rings. The van der Waals surface area contributed by atoms with Crippen LogP contribution < -0.4 is 0 Å². The van der Waals surface area contributed by atoms with Gasteiger partial charge in [0, 0.05) is 5.56 Å². The minimum absolute atomic E-state index is 0.217. The van der Waals surface area contributed by atoms with Crippen LogP contribution in [-0.2, 0) is 19.1 Å². The Labute approximate surface area is 98.3 Å². The Morgan fingerprint density at radius 3 is 2.24 bits per heavy atom. The highest BCUT2D eigenvalue weighted by Crippen LogP contribution is 2.03.